The molecule has 0 amide bonds. The monoisotopic (exact) mass is 406 g/mol. The number of aromatic nitrogens is 3. The summed E-state index contributed by atoms with van der Waals surface area (Å²) in [4.78, 5) is 19.8. The third-order valence-electron chi connectivity index (χ3n) is 3.98. The van der Waals surface area contributed by atoms with Gasteiger partial charge in [0.05, 0.1) is 0 Å². The van der Waals surface area contributed by atoms with Gasteiger partial charge in [-0.3, -0.25) is 0 Å². The second-order valence-electron chi connectivity index (χ2n) is 6.52. The van der Waals surface area contributed by atoms with Crippen molar-refractivity contribution in [1.29, 1.82) is 0 Å². The standard InChI is InChI=1S/C18H27BrN6/c1-7-25(12-13(2)14-9-8-10-15(19)11-14)18-21-16(23(3)4)20-17(22-18)24(5)6/h8-11,13H,7,12H2,1-6H3. The zero-order chi connectivity index (χ0) is 18.6. The van der Waals surface area contributed by atoms with Crippen LogP contribution in [0.1, 0.15) is 25.3 Å². The van der Waals surface area contributed by atoms with Crippen LogP contribution in [0.25, 0.3) is 0 Å². The van der Waals surface area contributed by atoms with Gasteiger partial charge < -0.3 is 14.7 Å². The van der Waals surface area contributed by atoms with Gasteiger partial charge in [-0.2, -0.15) is 15.0 Å². The van der Waals surface area contributed by atoms with Gasteiger partial charge >= 0.3 is 0 Å². The molecule has 2 rings (SSSR count). The lowest BCUT2D eigenvalue weighted by Gasteiger charge is -2.26. The molecule has 0 saturated carbocycles. The molecule has 0 aliphatic rings. The molecule has 0 aliphatic carbocycles. The fraction of sp³-hybridized carbons (Fsp3) is 0.500. The van der Waals surface area contributed by atoms with Crippen LogP contribution in [-0.4, -0.2) is 56.2 Å². The molecule has 0 radical (unpaired) electrons. The maximum atomic E-state index is 4.64. The van der Waals surface area contributed by atoms with E-state index in [0.717, 1.165) is 17.6 Å². The summed E-state index contributed by atoms with van der Waals surface area (Å²) >= 11 is 3.55. The van der Waals surface area contributed by atoms with Crippen molar-refractivity contribution < 1.29 is 0 Å². The van der Waals surface area contributed by atoms with E-state index in [9.17, 15) is 0 Å². The molecule has 0 N–H and O–H groups in total. The van der Waals surface area contributed by atoms with Gasteiger partial charge in [0.1, 0.15) is 0 Å². The smallest absolute Gasteiger partial charge is 0.231 e. The van der Waals surface area contributed by atoms with E-state index in [4.69, 9.17) is 0 Å². The molecule has 1 unspecified atom stereocenters. The Morgan fingerprint density at radius 3 is 2.00 bits per heavy atom. The minimum atomic E-state index is 0.361. The van der Waals surface area contributed by atoms with Crippen molar-refractivity contribution in [2.24, 2.45) is 0 Å². The van der Waals surface area contributed by atoms with Crippen molar-refractivity contribution in [3.05, 3.63) is 34.3 Å². The van der Waals surface area contributed by atoms with Crippen LogP contribution in [0.3, 0.4) is 0 Å². The molecule has 0 spiro atoms. The van der Waals surface area contributed by atoms with E-state index in [2.05, 4.69) is 67.8 Å². The highest BCUT2D eigenvalue weighted by Gasteiger charge is 2.17. The summed E-state index contributed by atoms with van der Waals surface area (Å²) in [6.45, 7) is 6.03. The topological polar surface area (TPSA) is 48.4 Å². The molecule has 2 aromatic rings. The van der Waals surface area contributed by atoms with Crippen LogP contribution in [0.2, 0.25) is 0 Å². The van der Waals surface area contributed by atoms with E-state index in [1.54, 1.807) is 0 Å². The highest BCUT2D eigenvalue weighted by atomic mass is 79.9. The number of anilines is 3. The first-order chi connectivity index (χ1) is 11.8. The number of hydrogen-bond acceptors (Lipinski definition) is 6. The summed E-state index contributed by atoms with van der Waals surface area (Å²) in [7, 11) is 7.77. The van der Waals surface area contributed by atoms with Crippen LogP contribution in [0.4, 0.5) is 17.8 Å². The largest absolute Gasteiger partial charge is 0.347 e. The summed E-state index contributed by atoms with van der Waals surface area (Å²) < 4.78 is 1.10. The van der Waals surface area contributed by atoms with Gasteiger partial charge in [0.15, 0.2) is 0 Å². The van der Waals surface area contributed by atoms with Gasteiger partial charge in [0.25, 0.3) is 0 Å². The quantitative estimate of drug-likeness (QED) is 0.701. The first kappa shape index (κ1) is 19.4. The zero-order valence-electron chi connectivity index (χ0n) is 15.9. The fourth-order valence-corrected chi connectivity index (χ4v) is 2.90. The Balaban J connectivity index is 2.30. The molecule has 1 aromatic carbocycles. The summed E-state index contributed by atoms with van der Waals surface area (Å²) in [6, 6.07) is 8.45. The third-order valence-corrected chi connectivity index (χ3v) is 4.47. The van der Waals surface area contributed by atoms with Crippen molar-refractivity contribution in [1.82, 2.24) is 15.0 Å². The second-order valence-corrected chi connectivity index (χ2v) is 7.43. The Kier molecular flexibility index (Phi) is 6.58. The van der Waals surface area contributed by atoms with Gasteiger partial charge in [-0.05, 0) is 30.5 Å². The van der Waals surface area contributed by atoms with Gasteiger partial charge in [-0.25, -0.2) is 0 Å². The molecule has 1 atom stereocenters. The molecule has 7 heteroatoms. The molecule has 6 nitrogen and oxygen atoms in total. The van der Waals surface area contributed by atoms with E-state index < -0.39 is 0 Å². The maximum Gasteiger partial charge on any atom is 0.231 e. The summed E-state index contributed by atoms with van der Waals surface area (Å²) in [5.74, 6) is 2.41. The Morgan fingerprint density at radius 2 is 1.52 bits per heavy atom. The number of hydrogen-bond donors (Lipinski definition) is 0. The fourth-order valence-electron chi connectivity index (χ4n) is 2.49. The SMILES string of the molecule is CCN(CC(C)c1cccc(Br)c1)c1nc(N(C)C)nc(N(C)C)n1. The second kappa shape index (κ2) is 8.47. The highest BCUT2D eigenvalue weighted by Crippen LogP contribution is 2.23. The summed E-state index contributed by atoms with van der Waals surface area (Å²) in [5.41, 5.74) is 1.29. The molecule has 25 heavy (non-hydrogen) atoms. The van der Waals surface area contributed by atoms with Crippen molar-refractivity contribution >= 4 is 33.8 Å². The van der Waals surface area contributed by atoms with Crippen LogP contribution >= 0.6 is 15.9 Å². The average molecular weight is 407 g/mol. The van der Waals surface area contributed by atoms with E-state index in [0.29, 0.717) is 23.8 Å². The third kappa shape index (κ3) is 5.04. The van der Waals surface area contributed by atoms with Crippen LogP contribution in [0.5, 0.6) is 0 Å². The van der Waals surface area contributed by atoms with Gasteiger partial charge in [-0.1, -0.05) is 35.0 Å². The first-order valence-corrected chi connectivity index (χ1v) is 9.22. The van der Waals surface area contributed by atoms with Crippen LogP contribution in [0, 0.1) is 0 Å². The molecule has 1 aromatic heterocycles. The summed E-state index contributed by atoms with van der Waals surface area (Å²) in [6.07, 6.45) is 0. The first-order valence-electron chi connectivity index (χ1n) is 8.43. The van der Waals surface area contributed by atoms with Crippen molar-refractivity contribution in [3.8, 4) is 0 Å². The van der Waals surface area contributed by atoms with Crippen LogP contribution in [-0.2, 0) is 0 Å². The van der Waals surface area contributed by atoms with E-state index in [1.165, 1.54) is 5.56 Å². The van der Waals surface area contributed by atoms with E-state index >= 15 is 0 Å². The lowest BCUT2D eigenvalue weighted by molar-refractivity contribution is 0.682. The average Bonchev–Trinajstić information content (AvgIpc) is 2.58. The predicted molar refractivity (Wildman–Crippen MR) is 109 cm³/mol. The lowest BCUT2D eigenvalue weighted by Crippen LogP contribution is -2.31. The highest BCUT2D eigenvalue weighted by molar-refractivity contribution is 9.10. The minimum Gasteiger partial charge on any atom is -0.347 e. The number of benzene rings is 1. The number of halogens is 1. The Morgan fingerprint density at radius 1 is 0.960 bits per heavy atom. The van der Waals surface area contributed by atoms with Gasteiger partial charge in [-0.15, -0.1) is 0 Å². The van der Waals surface area contributed by atoms with Gasteiger partial charge in [0, 0.05) is 45.8 Å². The molecule has 0 saturated heterocycles. The number of nitrogens with zero attached hydrogens (tertiary/aromatic N) is 6. The lowest BCUT2D eigenvalue weighted by atomic mass is 10.0. The van der Waals surface area contributed by atoms with E-state index in [-0.39, 0.29) is 0 Å². The molecule has 0 fully saturated rings. The molecule has 0 aliphatic heterocycles. The number of likely N-dealkylation sites (N-methyl/N-ethyl adjacent to an activating group) is 1. The number of rotatable bonds is 7. The normalized spacial score (nSPS) is 12.0. The molecular formula is C18H27BrN6. The predicted octanol–water partition coefficient (Wildman–Crippen LogP) is 3.40. The molecular weight excluding hydrogens is 380 g/mol. The Labute approximate surface area is 159 Å². The Bertz CT molecular complexity index is 677. The Hall–Kier alpha value is -1.89. The van der Waals surface area contributed by atoms with Crippen LogP contribution < -0.4 is 14.7 Å². The van der Waals surface area contributed by atoms with E-state index in [1.807, 2.05) is 44.1 Å². The van der Waals surface area contributed by atoms with Crippen LogP contribution in [0.15, 0.2) is 28.7 Å². The molecule has 1 heterocycles. The van der Waals surface area contributed by atoms with Gasteiger partial charge in [0.2, 0.25) is 17.8 Å². The maximum absolute atomic E-state index is 4.64. The molecule has 0 bridgehead atoms. The van der Waals surface area contributed by atoms with Crippen molar-refractivity contribution in [2.75, 3.05) is 56.0 Å². The van der Waals surface area contributed by atoms with Crippen molar-refractivity contribution in [3.63, 3.8) is 0 Å². The summed E-state index contributed by atoms with van der Waals surface area (Å²) in [5, 5.41) is 0. The van der Waals surface area contributed by atoms with Crippen molar-refractivity contribution in [2.45, 2.75) is 19.8 Å². The molecule has 136 valence electrons. The minimum absolute atomic E-state index is 0.361. The zero-order valence-corrected chi connectivity index (χ0v) is 17.4.